The van der Waals surface area contributed by atoms with Crippen molar-refractivity contribution in [3.8, 4) is 11.1 Å². The van der Waals surface area contributed by atoms with Crippen LogP contribution in [0.1, 0.15) is 44.7 Å². The summed E-state index contributed by atoms with van der Waals surface area (Å²) in [6.45, 7) is 6.80. The van der Waals surface area contributed by atoms with Crippen molar-refractivity contribution >= 4 is 35.9 Å². The lowest BCUT2D eigenvalue weighted by atomic mass is 9.96. The smallest absolute Gasteiger partial charge is 0.407 e. The Bertz CT molecular complexity index is 1550. The minimum atomic E-state index is -1.49. The van der Waals surface area contributed by atoms with E-state index < -0.39 is 85.8 Å². The second-order valence-electron chi connectivity index (χ2n) is 11.5. The molecular formula is C35H40N2O13. The Kier molecular flexibility index (Phi) is 13.1. The van der Waals surface area contributed by atoms with Gasteiger partial charge in [-0.05, 0) is 22.3 Å². The van der Waals surface area contributed by atoms with Crippen molar-refractivity contribution < 1.29 is 61.9 Å². The molecule has 15 nitrogen and oxygen atoms in total. The molecule has 1 heterocycles. The maximum absolute atomic E-state index is 13.1. The van der Waals surface area contributed by atoms with Crippen LogP contribution in [0, 0.1) is 0 Å². The summed E-state index contributed by atoms with van der Waals surface area (Å²) in [5.74, 6) is -4.00. The number of carbonyl (C=O) groups is 6. The molecule has 2 aromatic rings. The highest BCUT2D eigenvalue weighted by atomic mass is 16.7. The molecule has 2 aliphatic rings. The van der Waals surface area contributed by atoms with Gasteiger partial charge in [0.15, 0.2) is 24.5 Å². The number of hydrogen-bond donors (Lipinski definition) is 2. The van der Waals surface area contributed by atoms with Crippen LogP contribution in [0.25, 0.3) is 11.1 Å². The summed E-state index contributed by atoms with van der Waals surface area (Å²) in [4.78, 5) is 74.3. The van der Waals surface area contributed by atoms with Crippen molar-refractivity contribution in [2.24, 2.45) is 0 Å². The summed E-state index contributed by atoms with van der Waals surface area (Å²) in [6, 6.07) is 12.8. The van der Waals surface area contributed by atoms with E-state index in [0.717, 1.165) is 43.0 Å². The number of hydrogen-bond acceptors (Lipinski definition) is 13. The van der Waals surface area contributed by atoms with Crippen LogP contribution in [0.15, 0.2) is 61.2 Å². The molecule has 6 atom stereocenters. The van der Waals surface area contributed by atoms with Gasteiger partial charge in [-0.15, -0.1) is 0 Å². The van der Waals surface area contributed by atoms with E-state index in [2.05, 4.69) is 17.2 Å². The molecule has 2 unspecified atom stereocenters. The average Bonchev–Trinajstić information content (AvgIpc) is 3.38. The van der Waals surface area contributed by atoms with E-state index in [1.807, 2.05) is 48.5 Å². The van der Waals surface area contributed by atoms with Gasteiger partial charge in [0.2, 0.25) is 5.91 Å². The minimum absolute atomic E-state index is 0.0368. The van der Waals surface area contributed by atoms with Crippen molar-refractivity contribution in [2.75, 3.05) is 26.4 Å². The zero-order valence-corrected chi connectivity index (χ0v) is 28.1. The highest BCUT2D eigenvalue weighted by Gasteiger charge is 2.51. The number of alkyl carbamates (subject to hydrolysis) is 1. The number of amides is 2. The van der Waals surface area contributed by atoms with Crippen LogP contribution in [-0.2, 0) is 57.1 Å². The number of nitrogens with one attached hydrogen (secondary N) is 2. The fraction of sp³-hybridized carbons (Fsp3) is 0.429. The van der Waals surface area contributed by atoms with Crippen molar-refractivity contribution in [3.63, 3.8) is 0 Å². The van der Waals surface area contributed by atoms with Crippen LogP contribution in [-0.4, -0.2) is 99.0 Å². The number of esters is 4. The maximum Gasteiger partial charge on any atom is 0.407 e. The van der Waals surface area contributed by atoms with Gasteiger partial charge in [0.05, 0.1) is 6.61 Å². The van der Waals surface area contributed by atoms with Gasteiger partial charge >= 0.3 is 30.0 Å². The Morgan fingerprint density at radius 2 is 1.40 bits per heavy atom. The Morgan fingerprint density at radius 1 is 0.800 bits per heavy atom. The van der Waals surface area contributed by atoms with Crippen molar-refractivity contribution in [2.45, 2.75) is 70.3 Å². The van der Waals surface area contributed by atoms with Gasteiger partial charge in [-0.3, -0.25) is 19.2 Å². The summed E-state index contributed by atoms with van der Waals surface area (Å²) in [5, 5.41) is 5.03. The first-order chi connectivity index (χ1) is 23.9. The first-order valence-corrected chi connectivity index (χ1v) is 15.8. The van der Waals surface area contributed by atoms with Gasteiger partial charge in [-0.25, -0.2) is 9.59 Å². The first-order valence-electron chi connectivity index (χ1n) is 15.8. The van der Waals surface area contributed by atoms with Crippen LogP contribution in [0.4, 0.5) is 4.79 Å². The molecule has 0 spiro atoms. The lowest BCUT2D eigenvalue weighted by Crippen LogP contribution is -2.67. The van der Waals surface area contributed by atoms with Gasteiger partial charge in [-0.1, -0.05) is 61.2 Å². The van der Waals surface area contributed by atoms with Gasteiger partial charge in [-0.2, -0.15) is 0 Å². The predicted molar refractivity (Wildman–Crippen MR) is 173 cm³/mol. The fourth-order valence-corrected chi connectivity index (χ4v) is 5.82. The lowest BCUT2D eigenvalue weighted by Gasteiger charge is -2.45. The molecule has 0 saturated carbocycles. The highest BCUT2D eigenvalue weighted by molar-refractivity contribution is 5.82. The molecule has 2 N–H and O–H groups in total. The molecule has 50 heavy (non-hydrogen) atoms. The molecule has 1 saturated heterocycles. The molecule has 0 aromatic heterocycles. The standard InChI is InChI=1S/C35H40N2O13/c1-6-15-44-33(42)28(37-35(43)47-16-27-25-13-9-7-11-23(25)24-12-8-10-14-26(24)27)17-46-34-30(36-19(2)38)32(49-22(5)41)31(48-21(4)40)29(50-34)18-45-20(3)39/h6-14,27-32,34H,1,15-18H2,2-5H3,(H,36,38)(H,37,43)/t28-,29?,30-,31+,32?,34+/m0/s1. The van der Waals surface area contributed by atoms with Crippen LogP contribution in [0.2, 0.25) is 0 Å². The summed E-state index contributed by atoms with van der Waals surface area (Å²) in [5.41, 5.74) is 4.05. The zero-order chi connectivity index (χ0) is 36.4. The van der Waals surface area contributed by atoms with Crippen LogP contribution in [0.3, 0.4) is 0 Å². The third-order valence-electron chi connectivity index (χ3n) is 7.76. The molecule has 0 radical (unpaired) electrons. The fourth-order valence-electron chi connectivity index (χ4n) is 5.82. The van der Waals surface area contributed by atoms with Crippen molar-refractivity contribution in [3.05, 3.63) is 72.3 Å². The maximum atomic E-state index is 13.1. The van der Waals surface area contributed by atoms with E-state index in [4.69, 9.17) is 33.2 Å². The van der Waals surface area contributed by atoms with E-state index in [1.165, 1.54) is 13.0 Å². The van der Waals surface area contributed by atoms with E-state index >= 15 is 0 Å². The molecule has 1 aliphatic carbocycles. The Morgan fingerprint density at radius 3 is 1.96 bits per heavy atom. The van der Waals surface area contributed by atoms with Crippen LogP contribution >= 0.6 is 0 Å². The summed E-state index contributed by atoms with van der Waals surface area (Å²) in [7, 11) is 0. The monoisotopic (exact) mass is 696 g/mol. The zero-order valence-electron chi connectivity index (χ0n) is 28.1. The Hall–Kier alpha value is -5.28. The topological polar surface area (TPSA) is 191 Å². The van der Waals surface area contributed by atoms with E-state index in [9.17, 15) is 28.8 Å². The number of rotatable bonds is 14. The van der Waals surface area contributed by atoms with E-state index in [0.29, 0.717) is 0 Å². The molecule has 15 heteroatoms. The number of fused-ring (bicyclic) bond motifs is 3. The van der Waals surface area contributed by atoms with Gasteiger partial charge in [0, 0.05) is 33.6 Å². The average molecular weight is 697 g/mol. The Labute approximate surface area is 288 Å². The predicted octanol–water partition coefficient (Wildman–Crippen LogP) is 2.30. The van der Waals surface area contributed by atoms with Gasteiger partial charge in [0.1, 0.15) is 32.0 Å². The largest absolute Gasteiger partial charge is 0.463 e. The summed E-state index contributed by atoms with van der Waals surface area (Å²) in [6.07, 6.45) is -5.09. The SMILES string of the molecule is C=CCOC(=O)[C@H](CO[C@@H]1OC(COC(C)=O)[C@@H](OC(C)=O)C(OC(C)=O)[C@@H]1NC(C)=O)NC(=O)OCC1c2ccccc2-c2ccccc21. The molecule has 2 amide bonds. The van der Waals surface area contributed by atoms with E-state index in [1.54, 1.807) is 0 Å². The number of ether oxygens (including phenoxy) is 7. The second-order valence-corrected chi connectivity index (χ2v) is 11.5. The van der Waals surface area contributed by atoms with Gasteiger partial charge < -0.3 is 43.8 Å². The minimum Gasteiger partial charge on any atom is -0.463 e. The quantitative estimate of drug-likeness (QED) is 0.166. The van der Waals surface area contributed by atoms with Crippen molar-refractivity contribution in [1.29, 1.82) is 0 Å². The molecule has 1 aliphatic heterocycles. The van der Waals surface area contributed by atoms with Crippen LogP contribution in [0.5, 0.6) is 0 Å². The summed E-state index contributed by atoms with van der Waals surface area (Å²) < 4.78 is 38.6. The number of benzene rings is 2. The molecule has 1 fully saturated rings. The molecule has 4 rings (SSSR count). The van der Waals surface area contributed by atoms with E-state index in [-0.39, 0.29) is 19.1 Å². The first kappa shape index (κ1) is 37.5. The molecule has 268 valence electrons. The molecule has 2 aromatic carbocycles. The second kappa shape index (κ2) is 17.4. The Balaban J connectivity index is 1.53. The lowest BCUT2D eigenvalue weighted by molar-refractivity contribution is -0.278. The number of carbonyl (C=O) groups excluding carboxylic acids is 6. The highest BCUT2D eigenvalue weighted by Crippen LogP contribution is 2.44. The summed E-state index contributed by atoms with van der Waals surface area (Å²) >= 11 is 0. The normalized spacial score (nSPS) is 21.3. The third kappa shape index (κ3) is 9.66. The molecular weight excluding hydrogens is 656 g/mol. The third-order valence-corrected chi connectivity index (χ3v) is 7.76. The van der Waals surface area contributed by atoms with Crippen molar-refractivity contribution in [1.82, 2.24) is 10.6 Å². The van der Waals surface area contributed by atoms with Crippen LogP contribution < -0.4 is 10.6 Å². The molecule has 0 bridgehead atoms. The van der Waals surface area contributed by atoms with Gasteiger partial charge in [0.25, 0.3) is 0 Å².